The Bertz CT molecular complexity index is 602. The highest BCUT2D eigenvalue weighted by Crippen LogP contribution is 2.24. The number of halogens is 3. The molecule has 0 aliphatic carbocycles. The molecule has 0 aromatic carbocycles. The lowest BCUT2D eigenvalue weighted by Gasteiger charge is -2.17. The Kier molecular flexibility index (Phi) is 4.96. The molecule has 2 heterocycles. The Balaban J connectivity index is 1.90. The molecule has 1 aliphatic heterocycles. The molecular formula is C13H17F3N2O3S. The summed E-state index contributed by atoms with van der Waals surface area (Å²) in [4.78, 5) is 4.06. The first-order valence-electron chi connectivity index (χ1n) is 6.80. The van der Waals surface area contributed by atoms with Gasteiger partial charge >= 0.3 is 6.18 Å². The summed E-state index contributed by atoms with van der Waals surface area (Å²) < 4.78 is 66.8. The van der Waals surface area contributed by atoms with E-state index in [1.807, 2.05) is 13.0 Å². The Labute approximate surface area is 127 Å². The summed E-state index contributed by atoms with van der Waals surface area (Å²) in [7, 11) is -3.91. The number of alkyl halides is 3. The number of hydrogen-bond donors (Lipinski definition) is 0. The number of aryl methyl sites for hydroxylation is 1. The van der Waals surface area contributed by atoms with Crippen molar-refractivity contribution in [2.75, 3.05) is 18.8 Å². The summed E-state index contributed by atoms with van der Waals surface area (Å²) in [6.45, 7) is 2.09. The number of hydrogen-bond acceptors (Lipinski definition) is 4. The molecule has 1 aromatic heterocycles. The van der Waals surface area contributed by atoms with E-state index >= 15 is 0 Å². The lowest BCUT2D eigenvalue weighted by molar-refractivity contribution is -0.130. The molecule has 1 saturated heterocycles. The maximum absolute atomic E-state index is 12.2. The molecule has 124 valence electrons. The quantitative estimate of drug-likeness (QED) is 0.825. The topological polar surface area (TPSA) is 59.5 Å². The van der Waals surface area contributed by atoms with Gasteiger partial charge in [0.25, 0.3) is 0 Å². The number of sulfonamides is 1. The van der Waals surface area contributed by atoms with Gasteiger partial charge in [-0.3, -0.25) is 0 Å². The van der Waals surface area contributed by atoms with E-state index in [1.54, 1.807) is 12.3 Å². The van der Waals surface area contributed by atoms with Crippen LogP contribution in [0.4, 0.5) is 13.2 Å². The summed E-state index contributed by atoms with van der Waals surface area (Å²) in [5.41, 5.74) is 0.968. The Morgan fingerprint density at radius 3 is 2.73 bits per heavy atom. The van der Waals surface area contributed by atoms with E-state index < -0.39 is 34.5 Å². The van der Waals surface area contributed by atoms with E-state index in [4.69, 9.17) is 4.74 Å². The van der Waals surface area contributed by atoms with Crippen molar-refractivity contribution in [1.29, 1.82) is 0 Å². The highest BCUT2D eigenvalue weighted by molar-refractivity contribution is 7.89. The van der Waals surface area contributed by atoms with Gasteiger partial charge in [0.15, 0.2) is 0 Å². The average Bonchev–Trinajstić information content (AvgIpc) is 2.88. The van der Waals surface area contributed by atoms with Gasteiger partial charge in [0.05, 0.1) is 18.7 Å². The number of pyridine rings is 1. The van der Waals surface area contributed by atoms with Crippen LogP contribution in [0.1, 0.15) is 18.4 Å². The molecule has 0 bridgehead atoms. The number of nitrogens with zero attached hydrogens (tertiary/aromatic N) is 2. The van der Waals surface area contributed by atoms with E-state index in [0.29, 0.717) is 12.3 Å². The van der Waals surface area contributed by atoms with Gasteiger partial charge < -0.3 is 4.74 Å². The van der Waals surface area contributed by atoms with Crippen molar-refractivity contribution in [2.24, 2.45) is 0 Å². The average molecular weight is 338 g/mol. The zero-order valence-corrected chi connectivity index (χ0v) is 12.8. The molecule has 0 N–H and O–H groups in total. The molecule has 1 fully saturated rings. The SMILES string of the molecule is Cc1ccc(OC2CCN(S(=O)(=O)CCC(F)(F)F)C2)nc1. The molecule has 2 rings (SSSR count). The number of aromatic nitrogens is 1. The maximum Gasteiger partial charge on any atom is 0.390 e. The van der Waals surface area contributed by atoms with E-state index in [-0.39, 0.29) is 13.1 Å². The predicted octanol–water partition coefficient (Wildman–Crippen LogP) is 2.13. The van der Waals surface area contributed by atoms with Gasteiger partial charge in [0.1, 0.15) is 6.10 Å². The fourth-order valence-electron chi connectivity index (χ4n) is 2.12. The third-order valence-corrected chi connectivity index (χ3v) is 5.15. The van der Waals surface area contributed by atoms with Crippen molar-refractivity contribution in [3.63, 3.8) is 0 Å². The number of ether oxygens (including phenoxy) is 1. The smallest absolute Gasteiger partial charge is 0.390 e. The largest absolute Gasteiger partial charge is 0.473 e. The van der Waals surface area contributed by atoms with Crippen LogP contribution in [0.15, 0.2) is 18.3 Å². The van der Waals surface area contributed by atoms with E-state index in [9.17, 15) is 21.6 Å². The molecule has 22 heavy (non-hydrogen) atoms. The van der Waals surface area contributed by atoms with Crippen LogP contribution in [0.25, 0.3) is 0 Å². The summed E-state index contributed by atoms with van der Waals surface area (Å²) in [6, 6.07) is 3.49. The van der Waals surface area contributed by atoms with Crippen LogP contribution in [0.2, 0.25) is 0 Å². The second-order valence-electron chi connectivity index (χ2n) is 5.24. The van der Waals surface area contributed by atoms with Crippen molar-refractivity contribution in [3.05, 3.63) is 23.9 Å². The molecule has 1 aromatic rings. The van der Waals surface area contributed by atoms with Crippen LogP contribution in [-0.4, -0.2) is 48.8 Å². The first-order valence-corrected chi connectivity index (χ1v) is 8.40. The second kappa shape index (κ2) is 6.41. The van der Waals surface area contributed by atoms with Gasteiger partial charge in [-0.05, 0) is 18.9 Å². The van der Waals surface area contributed by atoms with Crippen LogP contribution in [-0.2, 0) is 10.0 Å². The molecule has 1 unspecified atom stereocenters. The highest BCUT2D eigenvalue weighted by atomic mass is 32.2. The Hall–Kier alpha value is -1.35. The number of rotatable bonds is 5. The van der Waals surface area contributed by atoms with Crippen LogP contribution < -0.4 is 4.74 Å². The Morgan fingerprint density at radius 1 is 1.41 bits per heavy atom. The van der Waals surface area contributed by atoms with Crippen LogP contribution in [0.3, 0.4) is 0 Å². The van der Waals surface area contributed by atoms with Crippen molar-refractivity contribution in [2.45, 2.75) is 32.0 Å². The molecular weight excluding hydrogens is 321 g/mol. The van der Waals surface area contributed by atoms with E-state index in [2.05, 4.69) is 4.98 Å². The monoisotopic (exact) mass is 338 g/mol. The van der Waals surface area contributed by atoms with E-state index in [0.717, 1.165) is 9.87 Å². The van der Waals surface area contributed by atoms with Gasteiger partial charge in [-0.2, -0.15) is 17.5 Å². The maximum atomic E-state index is 12.2. The van der Waals surface area contributed by atoms with E-state index in [1.165, 1.54) is 0 Å². The Morgan fingerprint density at radius 2 is 2.14 bits per heavy atom. The summed E-state index contributed by atoms with van der Waals surface area (Å²) in [6.07, 6.45) is -4.15. The summed E-state index contributed by atoms with van der Waals surface area (Å²) in [5, 5.41) is 0. The van der Waals surface area contributed by atoms with Crippen LogP contribution in [0, 0.1) is 6.92 Å². The second-order valence-corrected chi connectivity index (χ2v) is 7.33. The molecule has 0 spiro atoms. The first kappa shape index (κ1) is 17.0. The lowest BCUT2D eigenvalue weighted by Crippen LogP contribution is -2.34. The fourth-order valence-corrected chi connectivity index (χ4v) is 3.64. The predicted molar refractivity (Wildman–Crippen MR) is 74.0 cm³/mol. The zero-order valence-electron chi connectivity index (χ0n) is 12.0. The third-order valence-electron chi connectivity index (χ3n) is 3.32. The molecule has 5 nitrogen and oxygen atoms in total. The summed E-state index contributed by atoms with van der Waals surface area (Å²) in [5.74, 6) is -0.545. The van der Waals surface area contributed by atoms with Crippen molar-refractivity contribution < 1.29 is 26.3 Å². The molecule has 9 heteroatoms. The molecule has 0 radical (unpaired) electrons. The van der Waals surface area contributed by atoms with Gasteiger partial charge in [-0.15, -0.1) is 0 Å². The van der Waals surface area contributed by atoms with Crippen LogP contribution >= 0.6 is 0 Å². The summed E-state index contributed by atoms with van der Waals surface area (Å²) >= 11 is 0. The first-order chi connectivity index (χ1) is 10.2. The third kappa shape index (κ3) is 4.84. The van der Waals surface area contributed by atoms with Crippen molar-refractivity contribution in [1.82, 2.24) is 9.29 Å². The molecule has 1 atom stereocenters. The lowest BCUT2D eigenvalue weighted by atomic mass is 10.3. The van der Waals surface area contributed by atoms with Gasteiger partial charge in [-0.25, -0.2) is 13.4 Å². The normalized spacial score (nSPS) is 20.3. The highest BCUT2D eigenvalue weighted by Gasteiger charge is 2.36. The standard InChI is InChI=1S/C13H17F3N2O3S/c1-10-2-3-12(17-8-10)21-11-4-6-18(9-11)22(19,20)7-5-13(14,15)16/h2-3,8,11H,4-7,9H2,1H3. The zero-order chi connectivity index (χ0) is 16.4. The van der Waals surface area contributed by atoms with Crippen molar-refractivity contribution in [3.8, 4) is 5.88 Å². The van der Waals surface area contributed by atoms with Gasteiger partial charge in [0.2, 0.25) is 15.9 Å². The van der Waals surface area contributed by atoms with Gasteiger partial charge in [0, 0.05) is 18.8 Å². The molecule has 0 saturated carbocycles. The van der Waals surface area contributed by atoms with Crippen molar-refractivity contribution >= 4 is 10.0 Å². The minimum absolute atomic E-state index is 0.0513. The molecule has 1 aliphatic rings. The minimum Gasteiger partial charge on any atom is -0.473 e. The fraction of sp³-hybridized carbons (Fsp3) is 0.615. The minimum atomic E-state index is -4.48. The molecule has 0 amide bonds. The van der Waals surface area contributed by atoms with Gasteiger partial charge in [-0.1, -0.05) is 6.07 Å². The van der Waals surface area contributed by atoms with Crippen LogP contribution in [0.5, 0.6) is 5.88 Å².